The number of methoxy groups -OCH3 is 1. The molecule has 0 radical (unpaired) electrons. The first kappa shape index (κ1) is 20.8. The third kappa shape index (κ3) is 5.04. The Labute approximate surface area is 159 Å². The van der Waals surface area contributed by atoms with E-state index >= 15 is 0 Å². The molecule has 0 spiro atoms. The van der Waals surface area contributed by atoms with Gasteiger partial charge in [-0.2, -0.15) is 0 Å². The maximum absolute atomic E-state index is 12.1. The second-order valence-electron chi connectivity index (χ2n) is 7.12. The van der Waals surface area contributed by atoms with Crippen molar-refractivity contribution in [2.24, 2.45) is 0 Å². The smallest absolute Gasteiger partial charge is 0.336 e. The molecular formula is C21H26O6. The monoisotopic (exact) mass is 374 g/mol. The normalized spacial score (nSPS) is 24.9. The lowest BCUT2D eigenvalue weighted by Crippen LogP contribution is -2.28. The van der Waals surface area contributed by atoms with Crippen molar-refractivity contribution in [2.75, 3.05) is 7.11 Å². The van der Waals surface area contributed by atoms with Crippen LogP contribution in [0.4, 0.5) is 0 Å². The maximum atomic E-state index is 12.1. The molecule has 2 atom stereocenters. The van der Waals surface area contributed by atoms with E-state index in [2.05, 4.69) is 0 Å². The number of carbonyl (C=O) groups is 3. The predicted molar refractivity (Wildman–Crippen MR) is 99.6 cm³/mol. The first-order chi connectivity index (χ1) is 12.7. The van der Waals surface area contributed by atoms with Crippen LogP contribution in [0.3, 0.4) is 0 Å². The van der Waals surface area contributed by atoms with Gasteiger partial charge in [-0.25, -0.2) is 9.59 Å². The summed E-state index contributed by atoms with van der Waals surface area (Å²) in [6.45, 7) is 7.28. The molecule has 0 fully saturated rings. The number of carbonyl (C=O) groups excluding carboxylic acids is 3. The molecule has 2 rings (SSSR count). The van der Waals surface area contributed by atoms with E-state index in [1.807, 2.05) is 20.8 Å². The zero-order valence-corrected chi connectivity index (χ0v) is 16.5. The van der Waals surface area contributed by atoms with Crippen LogP contribution in [-0.2, 0) is 28.6 Å². The standard InChI is InChI=1S/C21H26O6/c1-13(2)17(12-22)7-6-16-9-18(26-20(16)24)8-14(3)10-21(25-5)11-15(4)19(23)27-21/h9-12,18H,6-8H2,1-5H3. The molecule has 0 saturated carbocycles. The van der Waals surface area contributed by atoms with Gasteiger partial charge in [-0.1, -0.05) is 11.1 Å². The van der Waals surface area contributed by atoms with Crippen molar-refractivity contribution >= 4 is 18.2 Å². The van der Waals surface area contributed by atoms with Gasteiger partial charge in [0.25, 0.3) is 5.79 Å². The van der Waals surface area contributed by atoms with Crippen LogP contribution in [0.2, 0.25) is 0 Å². The molecule has 2 aliphatic heterocycles. The van der Waals surface area contributed by atoms with Crippen molar-refractivity contribution in [3.63, 3.8) is 0 Å². The lowest BCUT2D eigenvalue weighted by molar-refractivity contribution is -0.173. The van der Waals surface area contributed by atoms with Gasteiger partial charge in [0.15, 0.2) is 0 Å². The average Bonchev–Trinajstić information content (AvgIpc) is 3.07. The molecule has 2 heterocycles. The zero-order chi connectivity index (χ0) is 20.2. The van der Waals surface area contributed by atoms with Crippen molar-refractivity contribution in [3.05, 3.63) is 46.1 Å². The Bertz CT molecular complexity index is 764. The zero-order valence-electron chi connectivity index (χ0n) is 16.5. The average molecular weight is 374 g/mol. The highest BCUT2D eigenvalue weighted by atomic mass is 16.7. The van der Waals surface area contributed by atoms with Crippen LogP contribution in [0.15, 0.2) is 46.1 Å². The van der Waals surface area contributed by atoms with Crippen LogP contribution in [0.25, 0.3) is 0 Å². The molecule has 0 aromatic heterocycles. The van der Waals surface area contributed by atoms with Crippen LogP contribution in [0, 0.1) is 0 Å². The van der Waals surface area contributed by atoms with Gasteiger partial charge < -0.3 is 14.2 Å². The van der Waals surface area contributed by atoms with E-state index in [4.69, 9.17) is 14.2 Å². The SMILES string of the molecule is COC1(C=C(C)CC2C=C(CCC(C=O)=C(C)C)C(=O)O2)C=C(C)C(=O)O1. The molecule has 0 amide bonds. The second-order valence-corrected chi connectivity index (χ2v) is 7.12. The van der Waals surface area contributed by atoms with Gasteiger partial charge >= 0.3 is 11.9 Å². The quantitative estimate of drug-likeness (QED) is 0.281. The van der Waals surface area contributed by atoms with E-state index in [0.717, 1.165) is 17.4 Å². The summed E-state index contributed by atoms with van der Waals surface area (Å²) in [5, 5.41) is 0. The van der Waals surface area contributed by atoms with Gasteiger partial charge in [-0.3, -0.25) is 4.79 Å². The van der Waals surface area contributed by atoms with Gasteiger partial charge in [0.1, 0.15) is 12.4 Å². The molecule has 0 aromatic carbocycles. The first-order valence-corrected chi connectivity index (χ1v) is 8.89. The summed E-state index contributed by atoms with van der Waals surface area (Å²) >= 11 is 0. The molecule has 0 saturated heterocycles. The number of rotatable bonds is 8. The number of hydrogen-bond acceptors (Lipinski definition) is 6. The molecule has 27 heavy (non-hydrogen) atoms. The first-order valence-electron chi connectivity index (χ1n) is 8.89. The Morgan fingerprint density at radius 1 is 1.26 bits per heavy atom. The van der Waals surface area contributed by atoms with Crippen LogP contribution in [0.1, 0.15) is 47.0 Å². The number of hydrogen-bond donors (Lipinski definition) is 0. The Morgan fingerprint density at radius 3 is 2.48 bits per heavy atom. The van der Waals surface area contributed by atoms with E-state index < -0.39 is 11.8 Å². The molecule has 2 aliphatic rings. The summed E-state index contributed by atoms with van der Waals surface area (Å²) in [6.07, 6.45) is 7.05. The van der Waals surface area contributed by atoms with Gasteiger partial charge in [-0.05, 0) is 58.3 Å². The fourth-order valence-electron chi connectivity index (χ4n) is 3.09. The lowest BCUT2D eigenvalue weighted by Gasteiger charge is -2.22. The van der Waals surface area contributed by atoms with Crippen LogP contribution in [-0.4, -0.2) is 37.2 Å². The summed E-state index contributed by atoms with van der Waals surface area (Å²) < 4.78 is 16.1. The molecule has 6 nitrogen and oxygen atoms in total. The topological polar surface area (TPSA) is 78.9 Å². The van der Waals surface area contributed by atoms with Gasteiger partial charge in [-0.15, -0.1) is 0 Å². The summed E-state index contributed by atoms with van der Waals surface area (Å²) in [5.41, 5.74) is 3.59. The predicted octanol–water partition coefficient (Wildman–Crippen LogP) is 3.34. The van der Waals surface area contributed by atoms with Crippen molar-refractivity contribution in [3.8, 4) is 0 Å². The van der Waals surface area contributed by atoms with Crippen LogP contribution in [0.5, 0.6) is 0 Å². The minimum atomic E-state index is -1.21. The molecule has 0 aliphatic carbocycles. The number of allylic oxidation sites excluding steroid dienone is 2. The lowest BCUT2D eigenvalue weighted by atomic mass is 10.0. The van der Waals surface area contributed by atoms with E-state index in [0.29, 0.717) is 36.0 Å². The minimum Gasteiger partial charge on any atom is -0.454 e. The highest BCUT2D eigenvalue weighted by Gasteiger charge is 2.37. The fraction of sp³-hybridized carbons (Fsp3) is 0.476. The van der Waals surface area contributed by atoms with Crippen molar-refractivity contribution in [1.82, 2.24) is 0 Å². The molecule has 0 N–H and O–H groups in total. The maximum Gasteiger partial charge on any atom is 0.336 e. The molecule has 0 aromatic rings. The van der Waals surface area contributed by atoms with Crippen LogP contribution >= 0.6 is 0 Å². The van der Waals surface area contributed by atoms with E-state index in [-0.39, 0.29) is 12.1 Å². The third-order valence-electron chi connectivity index (χ3n) is 4.64. The van der Waals surface area contributed by atoms with E-state index in [9.17, 15) is 14.4 Å². The molecule has 6 heteroatoms. The van der Waals surface area contributed by atoms with E-state index in [1.165, 1.54) is 7.11 Å². The van der Waals surface area contributed by atoms with Gasteiger partial charge in [0.2, 0.25) is 0 Å². The van der Waals surface area contributed by atoms with Gasteiger partial charge in [0.05, 0.1) is 0 Å². The highest BCUT2D eigenvalue weighted by molar-refractivity contribution is 5.91. The Hall–Kier alpha value is -2.47. The number of ether oxygens (including phenoxy) is 3. The number of aldehydes is 1. The second kappa shape index (κ2) is 8.48. The third-order valence-corrected chi connectivity index (χ3v) is 4.64. The Balaban J connectivity index is 2.04. The number of cyclic esters (lactones) is 2. The Morgan fingerprint density at radius 2 is 1.96 bits per heavy atom. The van der Waals surface area contributed by atoms with Gasteiger partial charge in [0, 0.05) is 30.8 Å². The highest BCUT2D eigenvalue weighted by Crippen LogP contribution is 2.30. The van der Waals surface area contributed by atoms with E-state index in [1.54, 1.807) is 25.2 Å². The summed E-state index contributed by atoms with van der Waals surface area (Å²) in [5.74, 6) is -1.97. The summed E-state index contributed by atoms with van der Waals surface area (Å²) in [6, 6.07) is 0. The van der Waals surface area contributed by atoms with Crippen molar-refractivity contribution < 1.29 is 28.6 Å². The molecule has 2 unspecified atom stereocenters. The summed E-state index contributed by atoms with van der Waals surface area (Å²) in [7, 11) is 1.47. The largest absolute Gasteiger partial charge is 0.454 e. The van der Waals surface area contributed by atoms with Crippen LogP contribution < -0.4 is 0 Å². The molecule has 0 bridgehead atoms. The summed E-state index contributed by atoms with van der Waals surface area (Å²) in [4.78, 5) is 34.8. The van der Waals surface area contributed by atoms with Crippen molar-refractivity contribution in [1.29, 1.82) is 0 Å². The molecule has 146 valence electrons. The number of esters is 2. The Kier molecular flexibility index (Phi) is 6.54. The van der Waals surface area contributed by atoms with Crippen molar-refractivity contribution in [2.45, 2.75) is 58.8 Å². The minimum absolute atomic E-state index is 0.351. The fourth-order valence-corrected chi connectivity index (χ4v) is 3.09. The molecular weight excluding hydrogens is 348 g/mol.